The van der Waals surface area contributed by atoms with Gasteiger partial charge in [0.2, 0.25) is 5.91 Å². The van der Waals surface area contributed by atoms with Crippen LogP contribution in [0.5, 0.6) is 0 Å². The lowest BCUT2D eigenvalue weighted by Crippen LogP contribution is -2.45. The van der Waals surface area contributed by atoms with Gasteiger partial charge in [0, 0.05) is 51.7 Å². The van der Waals surface area contributed by atoms with Gasteiger partial charge in [-0.3, -0.25) is 14.8 Å². The van der Waals surface area contributed by atoms with E-state index in [1.807, 2.05) is 31.4 Å². The van der Waals surface area contributed by atoms with E-state index in [4.69, 9.17) is 0 Å². The standard InChI is InChI=1S/C20H27N5O/c1-21-19(26)13-15-8-11-25(12-9-15)20(22-2)24-14-16-7-10-23-18-6-4-3-5-17(16)18/h3-7,10,15H,8-9,11-14H2,1-2H3,(H,21,26)(H,22,24). The van der Waals surface area contributed by atoms with Crippen LogP contribution in [0.25, 0.3) is 10.9 Å². The Morgan fingerprint density at radius 1 is 1.27 bits per heavy atom. The molecule has 0 spiro atoms. The Hall–Kier alpha value is -2.63. The van der Waals surface area contributed by atoms with E-state index in [1.165, 1.54) is 10.9 Å². The van der Waals surface area contributed by atoms with E-state index in [0.717, 1.165) is 37.4 Å². The summed E-state index contributed by atoms with van der Waals surface area (Å²) in [6, 6.07) is 10.2. The maximum Gasteiger partial charge on any atom is 0.220 e. The number of guanidine groups is 1. The topological polar surface area (TPSA) is 69.6 Å². The number of para-hydroxylation sites is 1. The molecule has 2 aromatic rings. The summed E-state index contributed by atoms with van der Waals surface area (Å²) in [6.45, 7) is 2.57. The summed E-state index contributed by atoms with van der Waals surface area (Å²) in [6.07, 6.45) is 4.52. The van der Waals surface area contributed by atoms with Crippen LogP contribution < -0.4 is 10.6 Å². The van der Waals surface area contributed by atoms with Gasteiger partial charge in [0.25, 0.3) is 0 Å². The molecule has 6 heteroatoms. The zero-order valence-corrected chi connectivity index (χ0v) is 15.5. The summed E-state index contributed by atoms with van der Waals surface area (Å²) in [4.78, 5) is 22.7. The van der Waals surface area contributed by atoms with Crippen molar-refractivity contribution in [2.24, 2.45) is 10.9 Å². The van der Waals surface area contributed by atoms with Crippen LogP contribution in [0.15, 0.2) is 41.5 Å². The van der Waals surface area contributed by atoms with Crippen molar-refractivity contribution in [1.82, 2.24) is 20.5 Å². The molecule has 1 aliphatic rings. The predicted octanol–water partition coefficient (Wildman–Crippen LogP) is 2.16. The van der Waals surface area contributed by atoms with Crippen molar-refractivity contribution in [3.8, 4) is 0 Å². The second-order valence-corrected chi connectivity index (χ2v) is 6.70. The second-order valence-electron chi connectivity index (χ2n) is 6.70. The molecule has 1 aromatic heterocycles. The van der Waals surface area contributed by atoms with E-state index in [1.54, 1.807) is 7.05 Å². The van der Waals surface area contributed by atoms with E-state index in [2.05, 4.69) is 37.6 Å². The van der Waals surface area contributed by atoms with Gasteiger partial charge in [-0.2, -0.15) is 0 Å². The van der Waals surface area contributed by atoms with Crippen molar-refractivity contribution in [3.05, 3.63) is 42.1 Å². The molecule has 138 valence electrons. The highest BCUT2D eigenvalue weighted by Gasteiger charge is 2.23. The fraction of sp³-hybridized carbons (Fsp3) is 0.450. The van der Waals surface area contributed by atoms with Crippen LogP contribution in [0.3, 0.4) is 0 Å². The van der Waals surface area contributed by atoms with Gasteiger partial charge in [-0.1, -0.05) is 18.2 Å². The molecule has 0 radical (unpaired) electrons. The monoisotopic (exact) mass is 353 g/mol. The van der Waals surface area contributed by atoms with Gasteiger partial charge in [-0.25, -0.2) is 0 Å². The van der Waals surface area contributed by atoms with Crippen LogP contribution in [0.1, 0.15) is 24.8 Å². The lowest BCUT2D eigenvalue weighted by molar-refractivity contribution is -0.121. The molecule has 2 heterocycles. The lowest BCUT2D eigenvalue weighted by Gasteiger charge is -2.34. The summed E-state index contributed by atoms with van der Waals surface area (Å²) >= 11 is 0. The number of pyridine rings is 1. The molecule has 0 bridgehead atoms. The first-order valence-electron chi connectivity index (χ1n) is 9.20. The maximum atomic E-state index is 11.6. The van der Waals surface area contributed by atoms with Crippen LogP contribution in [-0.2, 0) is 11.3 Å². The van der Waals surface area contributed by atoms with Crippen molar-refractivity contribution in [2.45, 2.75) is 25.8 Å². The number of hydrogen-bond donors (Lipinski definition) is 2. The molecule has 1 aromatic carbocycles. The zero-order chi connectivity index (χ0) is 18.4. The number of likely N-dealkylation sites (tertiary alicyclic amines) is 1. The van der Waals surface area contributed by atoms with Crippen LogP contribution in [0.4, 0.5) is 0 Å². The molecule has 26 heavy (non-hydrogen) atoms. The third-order valence-electron chi connectivity index (χ3n) is 5.06. The first-order valence-corrected chi connectivity index (χ1v) is 9.20. The minimum absolute atomic E-state index is 0.135. The number of carbonyl (C=O) groups excluding carboxylic acids is 1. The Bertz CT molecular complexity index is 775. The molecule has 1 amide bonds. The summed E-state index contributed by atoms with van der Waals surface area (Å²) in [5.74, 6) is 1.52. The normalized spacial score (nSPS) is 15.9. The average molecular weight is 353 g/mol. The van der Waals surface area contributed by atoms with Gasteiger partial charge in [0.05, 0.1) is 5.52 Å². The first kappa shape index (κ1) is 18.2. The molecular formula is C20H27N5O. The van der Waals surface area contributed by atoms with Crippen molar-refractivity contribution in [2.75, 3.05) is 27.2 Å². The fourth-order valence-corrected chi connectivity index (χ4v) is 3.53. The zero-order valence-electron chi connectivity index (χ0n) is 15.5. The maximum absolute atomic E-state index is 11.6. The molecule has 6 nitrogen and oxygen atoms in total. The molecule has 0 saturated carbocycles. The highest BCUT2D eigenvalue weighted by Crippen LogP contribution is 2.21. The number of nitrogens with zero attached hydrogens (tertiary/aromatic N) is 3. The number of rotatable bonds is 4. The van der Waals surface area contributed by atoms with Crippen molar-refractivity contribution in [1.29, 1.82) is 0 Å². The van der Waals surface area contributed by atoms with Crippen LogP contribution in [0, 0.1) is 5.92 Å². The van der Waals surface area contributed by atoms with Gasteiger partial charge >= 0.3 is 0 Å². The molecule has 1 aliphatic heterocycles. The van der Waals surface area contributed by atoms with Gasteiger partial charge in [0.15, 0.2) is 5.96 Å². The number of aromatic nitrogens is 1. The van der Waals surface area contributed by atoms with Crippen LogP contribution >= 0.6 is 0 Å². The SMILES string of the molecule is CN=C(NCc1ccnc2ccccc12)N1CCC(CC(=O)NC)CC1. The lowest BCUT2D eigenvalue weighted by atomic mass is 9.93. The highest BCUT2D eigenvalue weighted by atomic mass is 16.1. The molecule has 2 N–H and O–H groups in total. The molecule has 1 saturated heterocycles. The number of piperidine rings is 1. The van der Waals surface area contributed by atoms with E-state index in [9.17, 15) is 4.79 Å². The Morgan fingerprint density at radius 2 is 2.04 bits per heavy atom. The van der Waals surface area contributed by atoms with Gasteiger partial charge in [-0.05, 0) is 36.5 Å². The minimum atomic E-state index is 0.135. The number of amides is 1. The minimum Gasteiger partial charge on any atom is -0.359 e. The van der Waals surface area contributed by atoms with Gasteiger partial charge in [-0.15, -0.1) is 0 Å². The number of fused-ring (bicyclic) bond motifs is 1. The van der Waals surface area contributed by atoms with Gasteiger partial charge < -0.3 is 15.5 Å². The van der Waals surface area contributed by atoms with Crippen LogP contribution in [-0.4, -0.2) is 48.9 Å². The van der Waals surface area contributed by atoms with Crippen molar-refractivity contribution >= 4 is 22.8 Å². The number of carbonyl (C=O) groups is 1. The van der Waals surface area contributed by atoms with Crippen LogP contribution in [0.2, 0.25) is 0 Å². The van der Waals surface area contributed by atoms with E-state index in [-0.39, 0.29) is 5.91 Å². The van der Waals surface area contributed by atoms with Gasteiger partial charge in [0.1, 0.15) is 0 Å². The van der Waals surface area contributed by atoms with Crippen molar-refractivity contribution in [3.63, 3.8) is 0 Å². The Balaban J connectivity index is 1.58. The number of nitrogens with one attached hydrogen (secondary N) is 2. The predicted molar refractivity (Wildman–Crippen MR) is 105 cm³/mol. The quantitative estimate of drug-likeness (QED) is 0.653. The first-order chi connectivity index (χ1) is 12.7. The molecule has 0 atom stereocenters. The number of benzene rings is 1. The highest BCUT2D eigenvalue weighted by molar-refractivity contribution is 5.84. The van der Waals surface area contributed by atoms with E-state index >= 15 is 0 Å². The Labute approximate surface area is 154 Å². The molecule has 0 unspecified atom stereocenters. The largest absolute Gasteiger partial charge is 0.359 e. The van der Waals surface area contributed by atoms with E-state index in [0.29, 0.717) is 18.9 Å². The number of aliphatic imine (C=N–C) groups is 1. The molecule has 0 aliphatic carbocycles. The third kappa shape index (κ3) is 4.31. The summed E-state index contributed by atoms with van der Waals surface area (Å²) in [5, 5.41) is 7.37. The molecule has 1 fully saturated rings. The molecular weight excluding hydrogens is 326 g/mol. The van der Waals surface area contributed by atoms with Crippen molar-refractivity contribution < 1.29 is 4.79 Å². The molecule has 3 rings (SSSR count). The Kier molecular flexibility index (Phi) is 6.04. The van der Waals surface area contributed by atoms with E-state index < -0.39 is 0 Å². The summed E-state index contributed by atoms with van der Waals surface area (Å²) in [7, 11) is 3.52. The number of hydrogen-bond acceptors (Lipinski definition) is 3. The smallest absolute Gasteiger partial charge is 0.220 e. The average Bonchev–Trinajstić information content (AvgIpc) is 2.69. The Morgan fingerprint density at radius 3 is 2.77 bits per heavy atom. The third-order valence-corrected chi connectivity index (χ3v) is 5.06. The fourth-order valence-electron chi connectivity index (χ4n) is 3.53. The summed E-state index contributed by atoms with van der Waals surface area (Å²) in [5.41, 5.74) is 2.23. The summed E-state index contributed by atoms with van der Waals surface area (Å²) < 4.78 is 0. The second kappa shape index (κ2) is 8.65.